The zero-order valence-electron chi connectivity index (χ0n) is 15.8. The summed E-state index contributed by atoms with van der Waals surface area (Å²) in [5, 5.41) is 8.95. The summed E-state index contributed by atoms with van der Waals surface area (Å²) in [5.41, 5.74) is 0. The Balaban J connectivity index is 1.97. The van der Waals surface area contributed by atoms with Gasteiger partial charge in [-0.1, -0.05) is 13.0 Å². The van der Waals surface area contributed by atoms with Gasteiger partial charge in [-0.15, -0.1) is 11.3 Å². The van der Waals surface area contributed by atoms with E-state index in [-0.39, 0.29) is 0 Å². The van der Waals surface area contributed by atoms with E-state index >= 15 is 0 Å². The van der Waals surface area contributed by atoms with Gasteiger partial charge in [0.2, 0.25) is 0 Å². The summed E-state index contributed by atoms with van der Waals surface area (Å²) >= 11 is 1.82. The average molecular weight is 368 g/mol. The molecule has 1 aliphatic heterocycles. The minimum Gasteiger partial charge on any atom is -0.379 e. The zero-order chi connectivity index (χ0) is 17.9. The van der Waals surface area contributed by atoms with Gasteiger partial charge in [-0.3, -0.25) is 9.89 Å². The highest BCUT2D eigenvalue weighted by atomic mass is 32.1. The van der Waals surface area contributed by atoms with Gasteiger partial charge in [0.1, 0.15) is 0 Å². The van der Waals surface area contributed by atoms with Gasteiger partial charge < -0.3 is 20.3 Å². The fourth-order valence-electron chi connectivity index (χ4n) is 2.80. The molecule has 1 saturated heterocycles. The predicted octanol–water partition coefficient (Wildman–Crippen LogP) is 1.63. The second kappa shape index (κ2) is 11.5. The van der Waals surface area contributed by atoms with Crippen molar-refractivity contribution in [3.63, 3.8) is 0 Å². The summed E-state index contributed by atoms with van der Waals surface area (Å²) in [5.74, 6) is 0.904. The van der Waals surface area contributed by atoms with Crippen LogP contribution < -0.4 is 10.6 Å². The Kier molecular flexibility index (Phi) is 9.25. The highest BCUT2D eigenvalue weighted by Gasteiger charge is 2.23. The molecule has 0 amide bonds. The molecule has 1 atom stereocenters. The molecule has 1 aliphatic rings. The number of guanidine groups is 1. The molecule has 142 valence electrons. The number of likely N-dealkylation sites (N-methyl/N-ethyl adjacent to an activating group) is 1. The Labute approximate surface area is 156 Å². The van der Waals surface area contributed by atoms with Gasteiger partial charge in [0, 0.05) is 37.6 Å². The maximum Gasteiger partial charge on any atom is 0.191 e. The van der Waals surface area contributed by atoms with Crippen molar-refractivity contribution in [2.45, 2.75) is 19.9 Å². The van der Waals surface area contributed by atoms with Crippen molar-refractivity contribution < 1.29 is 4.74 Å². The van der Waals surface area contributed by atoms with Crippen LogP contribution in [0.1, 0.15) is 24.8 Å². The lowest BCUT2D eigenvalue weighted by molar-refractivity contribution is 0.0186. The van der Waals surface area contributed by atoms with E-state index in [1.54, 1.807) is 0 Å². The molecular formula is C18H33N5OS. The molecule has 25 heavy (non-hydrogen) atoms. The first-order chi connectivity index (χ1) is 12.2. The van der Waals surface area contributed by atoms with Crippen LogP contribution in [0.15, 0.2) is 22.5 Å². The molecule has 6 nitrogen and oxygen atoms in total. The van der Waals surface area contributed by atoms with Gasteiger partial charge in [0.25, 0.3) is 0 Å². The standard InChI is InChI=1S/C18H33N5OS/c1-4-19-18(20-8-9-22(3)5-2)21-15-16(17-7-6-14-25-17)23-10-12-24-13-11-23/h6-7,14,16H,4-5,8-13,15H2,1-3H3,(H2,19,20,21). The molecule has 7 heteroatoms. The Morgan fingerprint density at radius 1 is 1.36 bits per heavy atom. The van der Waals surface area contributed by atoms with Gasteiger partial charge in [-0.05, 0) is 32.0 Å². The molecule has 2 heterocycles. The summed E-state index contributed by atoms with van der Waals surface area (Å²) in [4.78, 5) is 11.0. The monoisotopic (exact) mass is 367 g/mol. The Morgan fingerprint density at radius 2 is 2.16 bits per heavy atom. The third-order valence-corrected chi connectivity index (χ3v) is 5.42. The van der Waals surface area contributed by atoms with Crippen LogP contribution in [-0.4, -0.2) is 81.8 Å². The van der Waals surface area contributed by atoms with Crippen LogP contribution in [0.3, 0.4) is 0 Å². The molecule has 1 aromatic rings. The third-order valence-electron chi connectivity index (χ3n) is 4.45. The SMILES string of the molecule is CCNC(=NCC(c1cccs1)N1CCOCC1)NCCN(C)CC. The van der Waals surface area contributed by atoms with E-state index in [9.17, 15) is 0 Å². The van der Waals surface area contributed by atoms with Gasteiger partial charge >= 0.3 is 0 Å². The lowest BCUT2D eigenvalue weighted by Crippen LogP contribution is -2.43. The largest absolute Gasteiger partial charge is 0.379 e. The number of morpholine rings is 1. The molecule has 2 rings (SSSR count). The van der Waals surface area contributed by atoms with Gasteiger partial charge in [0.05, 0.1) is 25.8 Å². The fraction of sp³-hybridized carbons (Fsp3) is 0.722. The number of rotatable bonds is 9. The van der Waals surface area contributed by atoms with E-state index in [4.69, 9.17) is 9.73 Å². The molecule has 0 spiro atoms. The van der Waals surface area contributed by atoms with Crippen molar-refractivity contribution >= 4 is 17.3 Å². The predicted molar refractivity (Wildman–Crippen MR) is 107 cm³/mol. The first-order valence-corrected chi connectivity index (χ1v) is 10.2. The molecule has 0 aromatic carbocycles. The van der Waals surface area contributed by atoms with Crippen LogP contribution in [-0.2, 0) is 4.74 Å². The first kappa shape index (κ1) is 20.2. The summed E-state index contributed by atoms with van der Waals surface area (Å²) in [6.07, 6.45) is 0. The molecule has 0 aliphatic carbocycles. The van der Waals surface area contributed by atoms with Crippen LogP contribution in [0, 0.1) is 0 Å². The topological polar surface area (TPSA) is 52.1 Å². The smallest absolute Gasteiger partial charge is 0.191 e. The van der Waals surface area contributed by atoms with Crippen molar-refractivity contribution in [3.8, 4) is 0 Å². The van der Waals surface area contributed by atoms with Gasteiger partial charge in [-0.2, -0.15) is 0 Å². The van der Waals surface area contributed by atoms with Crippen LogP contribution in [0.2, 0.25) is 0 Å². The normalized spacial score (nSPS) is 17.7. The van der Waals surface area contributed by atoms with E-state index in [2.05, 4.69) is 58.8 Å². The molecule has 2 N–H and O–H groups in total. The van der Waals surface area contributed by atoms with E-state index in [1.807, 2.05) is 11.3 Å². The summed E-state index contributed by atoms with van der Waals surface area (Å²) in [7, 11) is 2.14. The molecule has 1 unspecified atom stereocenters. The van der Waals surface area contributed by atoms with Crippen LogP contribution in [0.25, 0.3) is 0 Å². The number of ether oxygens (including phenoxy) is 1. The Hall–Kier alpha value is -1.15. The minimum atomic E-state index is 0.331. The number of aliphatic imine (C=N–C) groups is 1. The number of nitrogens with zero attached hydrogens (tertiary/aromatic N) is 3. The van der Waals surface area contributed by atoms with E-state index in [0.29, 0.717) is 6.04 Å². The number of nitrogens with one attached hydrogen (secondary N) is 2. The number of hydrogen-bond acceptors (Lipinski definition) is 5. The first-order valence-electron chi connectivity index (χ1n) is 9.30. The van der Waals surface area contributed by atoms with Crippen molar-refractivity contribution in [1.29, 1.82) is 0 Å². The highest BCUT2D eigenvalue weighted by molar-refractivity contribution is 7.10. The molecule has 1 aromatic heterocycles. The van der Waals surface area contributed by atoms with E-state index in [1.165, 1.54) is 4.88 Å². The van der Waals surface area contributed by atoms with Crippen molar-refractivity contribution in [2.24, 2.45) is 4.99 Å². The lowest BCUT2D eigenvalue weighted by Gasteiger charge is -2.33. The molecule has 0 bridgehead atoms. The average Bonchev–Trinajstić information content (AvgIpc) is 3.17. The van der Waals surface area contributed by atoms with Crippen molar-refractivity contribution in [1.82, 2.24) is 20.4 Å². The van der Waals surface area contributed by atoms with Gasteiger partial charge in [-0.25, -0.2) is 0 Å². The number of hydrogen-bond donors (Lipinski definition) is 2. The maximum atomic E-state index is 5.51. The molecular weight excluding hydrogens is 334 g/mol. The lowest BCUT2D eigenvalue weighted by atomic mass is 10.2. The molecule has 0 radical (unpaired) electrons. The summed E-state index contributed by atoms with van der Waals surface area (Å²) < 4.78 is 5.51. The van der Waals surface area contributed by atoms with E-state index in [0.717, 1.165) is 65.0 Å². The molecule has 0 saturated carbocycles. The van der Waals surface area contributed by atoms with Gasteiger partial charge in [0.15, 0.2) is 5.96 Å². The zero-order valence-corrected chi connectivity index (χ0v) is 16.6. The van der Waals surface area contributed by atoms with Crippen LogP contribution in [0.4, 0.5) is 0 Å². The quantitative estimate of drug-likeness (QED) is 0.513. The Morgan fingerprint density at radius 3 is 2.80 bits per heavy atom. The van der Waals surface area contributed by atoms with Crippen molar-refractivity contribution in [2.75, 3.05) is 66.1 Å². The summed E-state index contributed by atoms with van der Waals surface area (Å²) in [6.45, 7) is 12.5. The minimum absolute atomic E-state index is 0.331. The van der Waals surface area contributed by atoms with Crippen LogP contribution in [0.5, 0.6) is 0 Å². The molecule has 1 fully saturated rings. The highest BCUT2D eigenvalue weighted by Crippen LogP contribution is 2.26. The van der Waals surface area contributed by atoms with E-state index < -0.39 is 0 Å². The summed E-state index contributed by atoms with van der Waals surface area (Å²) in [6, 6.07) is 4.68. The number of thiophene rings is 1. The third kappa shape index (κ3) is 6.93. The van der Waals surface area contributed by atoms with Crippen molar-refractivity contribution in [3.05, 3.63) is 22.4 Å². The fourth-order valence-corrected chi connectivity index (χ4v) is 3.65. The van der Waals surface area contributed by atoms with Crippen LogP contribution >= 0.6 is 11.3 Å². The second-order valence-corrected chi connectivity index (χ2v) is 7.20. The Bertz CT molecular complexity index is 488. The maximum absolute atomic E-state index is 5.51. The second-order valence-electron chi connectivity index (χ2n) is 6.22.